The zero-order valence-corrected chi connectivity index (χ0v) is 13.2. The van der Waals surface area contributed by atoms with E-state index in [0.29, 0.717) is 12.4 Å². The van der Waals surface area contributed by atoms with E-state index in [1.165, 1.54) is 16.2 Å². The fraction of sp³-hybridized carbons (Fsp3) is 0.571. The number of hydrogen-bond acceptors (Lipinski definition) is 6. The predicted octanol–water partition coefficient (Wildman–Crippen LogP) is 3.25. The number of β-amino-alcohol motifs (C(OH)–C–C–N with tert-alkyl or cyclic N) is 1. The molecule has 0 aliphatic carbocycles. The molecule has 3 rings (SSSR count). The summed E-state index contributed by atoms with van der Waals surface area (Å²) < 4.78 is 44.3. The molecule has 3 heterocycles. The molecule has 2 atom stereocenters. The standard InChI is InChI=1S/C14H16F3N3O2S/c1-9(12-18-11(19-22-12)10-4-2-7-23-10)20-6-3-5-13(21,8-20)14(15,16)17/h2,4,7,9,21H,3,5-6,8H2,1H3/t9-,13+/m1/s1. The van der Waals surface area contributed by atoms with E-state index in [1.54, 1.807) is 6.92 Å². The van der Waals surface area contributed by atoms with E-state index >= 15 is 0 Å². The number of aliphatic hydroxyl groups is 1. The summed E-state index contributed by atoms with van der Waals surface area (Å²) in [6.07, 6.45) is -4.68. The van der Waals surface area contributed by atoms with Crippen molar-refractivity contribution in [3.8, 4) is 10.7 Å². The molecule has 1 N–H and O–H groups in total. The maximum Gasteiger partial charge on any atom is 0.418 e. The van der Waals surface area contributed by atoms with Crippen molar-refractivity contribution < 1.29 is 22.8 Å². The molecule has 1 aliphatic heterocycles. The first-order valence-electron chi connectivity index (χ1n) is 7.21. The second kappa shape index (κ2) is 5.88. The number of alkyl halides is 3. The maximum atomic E-state index is 13.0. The van der Waals surface area contributed by atoms with E-state index in [2.05, 4.69) is 10.1 Å². The molecule has 23 heavy (non-hydrogen) atoms. The van der Waals surface area contributed by atoms with Crippen LogP contribution < -0.4 is 0 Å². The predicted molar refractivity (Wildman–Crippen MR) is 77.8 cm³/mol. The number of likely N-dealkylation sites (tertiary alicyclic amines) is 1. The van der Waals surface area contributed by atoms with Gasteiger partial charge in [-0.3, -0.25) is 4.90 Å². The van der Waals surface area contributed by atoms with Crippen LogP contribution in [0.3, 0.4) is 0 Å². The Morgan fingerprint density at radius 2 is 2.26 bits per heavy atom. The van der Waals surface area contributed by atoms with Gasteiger partial charge in [0.15, 0.2) is 5.60 Å². The summed E-state index contributed by atoms with van der Waals surface area (Å²) in [7, 11) is 0. The van der Waals surface area contributed by atoms with Crippen LogP contribution in [0.15, 0.2) is 22.0 Å². The highest BCUT2D eigenvalue weighted by Crippen LogP contribution is 2.39. The minimum Gasteiger partial charge on any atom is -0.379 e. The molecule has 9 heteroatoms. The van der Waals surface area contributed by atoms with Crippen molar-refractivity contribution in [2.45, 2.75) is 37.6 Å². The van der Waals surface area contributed by atoms with Crippen LogP contribution in [0.25, 0.3) is 10.7 Å². The zero-order chi connectivity index (χ0) is 16.7. The van der Waals surface area contributed by atoms with Gasteiger partial charge < -0.3 is 9.63 Å². The number of aromatic nitrogens is 2. The lowest BCUT2D eigenvalue weighted by atomic mass is 9.91. The molecule has 0 radical (unpaired) electrons. The molecule has 1 saturated heterocycles. The topological polar surface area (TPSA) is 62.4 Å². The molecule has 0 unspecified atom stereocenters. The van der Waals surface area contributed by atoms with E-state index in [1.807, 2.05) is 17.5 Å². The van der Waals surface area contributed by atoms with Gasteiger partial charge in [0.2, 0.25) is 11.7 Å². The second-order valence-electron chi connectivity index (χ2n) is 5.71. The smallest absolute Gasteiger partial charge is 0.379 e. The van der Waals surface area contributed by atoms with Crippen molar-refractivity contribution in [3.63, 3.8) is 0 Å². The number of halogens is 3. The third kappa shape index (κ3) is 3.13. The van der Waals surface area contributed by atoms with Gasteiger partial charge in [0.25, 0.3) is 0 Å². The molecule has 0 bridgehead atoms. The number of piperidine rings is 1. The lowest BCUT2D eigenvalue weighted by Gasteiger charge is -2.41. The largest absolute Gasteiger partial charge is 0.418 e. The van der Waals surface area contributed by atoms with Gasteiger partial charge in [-0.25, -0.2) is 0 Å². The summed E-state index contributed by atoms with van der Waals surface area (Å²) in [5.74, 6) is 0.671. The van der Waals surface area contributed by atoms with Crippen LogP contribution in [0.5, 0.6) is 0 Å². The lowest BCUT2D eigenvalue weighted by molar-refractivity contribution is -0.276. The molecule has 0 aromatic carbocycles. The molecule has 1 aliphatic rings. The molecule has 2 aromatic rings. The Morgan fingerprint density at radius 1 is 1.48 bits per heavy atom. The number of nitrogens with zero attached hydrogens (tertiary/aromatic N) is 3. The Labute approximate surface area is 134 Å². The number of hydrogen-bond donors (Lipinski definition) is 1. The number of thiophene rings is 1. The molecule has 0 amide bonds. The molecule has 126 valence electrons. The molecule has 1 fully saturated rings. The average Bonchev–Trinajstić information content (AvgIpc) is 3.16. The lowest BCUT2D eigenvalue weighted by Crippen LogP contribution is -2.57. The first-order valence-corrected chi connectivity index (χ1v) is 8.09. The van der Waals surface area contributed by atoms with Crippen molar-refractivity contribution in [1.29, 1.82) is 0 Å². The summed E-state index contributed by atoms with van der Waals surface area (Å²) in [4.78, 5) is 6.63. The van der Waals surface area contributed by atoms with Crippen molar-refractivity contribution in [1.82, 2.24) is 15.0 Å². The van der Waals surface area contributed by atoms with Gasteiger partial charge in [-0.05, 0) is 37.8 Å². The van der Waals surface area contributed by atoms with Gasteiger partial charge in [0, 0.05) is 6.54 Å². The second-order valence-corrected chi connectivity index (χ2v) is 6.66. The van der Waals surface area contributed by atoms with Gasteiger partial charge >= 0.3 is 6.18 Å². The van der Waals surface area contributed by atoms with Crippen LogP contribution in [-0.4, -0.2) is 45.0 Å². The van der Waals surface area contributed by atoms with Gasteiger partial charge in [0.1, 0.15) is 0 Å². The van der Waals surface area contributed by atoms with Crippen LogP contribution in [0, 0.1) is 0 Å². The molecular weight excluding hydrogens is 331 g/mol. The van der Waals surface area contributed by atoms with E-state index in [-0.39, 0.29) is 18.7 Å². The van der Waals surface area contributed by atoms with Crippen LogP contribution in [-0.2, 0) is 0 Å². The van der Waals surface area contributed by atoms with E-state index < -0.39 is 24.4 Å². The third-order valence-corrected chi connectivity index (χ3v) is 4.98. The zero-order valence-electron chi connectivity index (χ0n) is 12.4. The Morgan fingerprint density at radius 3 is 2.91 bits per heavy atom. The van der Waals surface area contributed by atoms with Crippen LogP contribution >= 0.6 is 11.3 Å². The first-order chi connectivity index (χ1) is 10.8. The molecular formula is C14H16F3N3O2S. The van der Waals surface area contributed by atoms with Crippen molar-refractivity contribution in [3.05, 3.63) is 23.4 Å². The Balaban J connectivity index is 1.76. The fourth-order valence-electron chi connectivity index (χ4n) is 2.70. The van der Waals surface area contributed by atoms with Gasteiger partial charge in [0.05, 0.1) is 10.9 Å². The van der Waals surface area contributed by atoms with Gasteiger partial charge in [-0.2, -0.15) is 18.2 Å². The highest BCUT2D eigenvalue weighted by atomic mass is 32.1. The quantitative estimate of drug-likeness (QED) is 0.923. The summed E-state index contributed by atoms with van der Waals surface area (Å²) in [5.41, 5.74) is -2.68. The average molecular weight is 347 g/mol. The monoisotopic (exact) mass is 347 g/mol. The normalized spacial score (nSPS) is 24.7. The minimum atomic E-state index is -4.65. The van der Waals surface area contributed by atoms with Crippen molar-refractivity contribution in [2.75, 3.05) is 13.1 Å². The van der Waals surface area contributed by atoms with Crippen molar-refractivity contribution in [2.24, 2.45) is 0 Å². The van der Waals surface area contributed by atoms with Crippen LogP contribution in [0.4, 0.5) is 13.2 Å². The highest BCUT2D eigenvalue weighted by molar-refractivity contribution is 7.13. The Hall–Kier alpha value is -1.45. The summed E-state index contributed by atoms with van der Waals surface area (Å²) in [6.45, 7) is 1.65. The summed E-state index contributed by atoms with van der Waals surface area (Å²) in [5, 5.41) is 15.6. The molecule has 5 nitrogen and oxygen atoms in total. The summed E-state index contributed by atoms with van der Waals surface area (Å²) in [6, 6.07) is 3.20. The Bertz CT molecular complexity index is 659. The summed E-state index contributed by atoms with van der Waals surface area (Å²) >= 11 is 1.45. The highest BCUT2D eigenvalue weighted by Gasteiger charge is 2.55. The van der Waals surface area contributed by atoms with Crippen LogP contribution in [0.2, 0.25) is 0 Å². The van der Waals surface area contributed by atoms with Gasteiger partial charge in [-0.15, -0.1) is 11.3 Å². The molecule has 2 aromatic heterocycles. The third-order valence-electron chi connectivity index (χ3n) is 4.12. The molecule has 0 spiro atoms. The van der Waals surface area contributed by atoms with Crippen LogP contribution in [0.1, 0.15) is 31.7 Å². The first kappa shape index (κ1) is 16.4. The SMILES string of the molecule is C[C@H](c1nc(-c2cccs2)no1)N1CCC[C@@](O)(C(F)(F)F)C1. The van der Waals surface area contributed by atoms with Gasteiger partial charge in [-0.1, -0.05) is 11.2 Å². The number of rotatable bonds is 3. The maximum absolute atomic E-state index is 13.0. The molecule has 0 saturated carbocycles. The minimum absolute atomic E-state index is 0.250. The van der Waals surface area contributed by atoms with E-state index in [4.69, 9.17) is 4.52 Å². The van der Waals surface area contributed by atoms with E-state index in [0.717, 1.165) is 4.88 Å². The fourth-order valence-corrected chi connectivity index (χ4v) is 3.35. The van der Waals surface area contributed by atoms with E-state index in [9.17, 15) is 18.3 Å². The van der Waals surface area contributed by atoms with Crippen molar-refractivity contribution >= 4 is 11.3 Å². The Kier molecular flexibility index (Phi) is 4.19.